The van der Waals surface area contributed by atoms with Crippen LogP contribution >= 0.6 is 7.75 Å². The first-order valence-electron chi connectivity index (χ1n) is 11.2. The van der Waals surface area contributed by atoms with Crippen molar-refractivity contribution in [1.82, 2.24) is 14.6 Å². The van der Waals surface area contributed by atoms with E-state index in [2.05, 4.69) is 10.1 Å². The summed E-state index contributed by atoms with van der Waals surface area (Å²) in [4.78, 5) is 27.8. The Morgan fingerprint density at radius 2 is 1.75 bits per heavy atom. The number of benzene rings is 1. The summed E-state index contributed by atoms with van der Waals surface area (Å²) in [5.74, 6) is -0.562. The Hall–Kier alpha value is -2.80. The number of aliphatic hydroxyl groups is 2. The van der Waals surface area contributed by atoms with Crippen LogP contribution in [0.5, 0.6) is 5.75 Å². The van der Waals surface area contributed by atoms with Gasteiger partial charge in [-0.05, 0) is 52.8 Å². The monoisotopic (exact) mass is 528 g/mol. The Kier molecular flexibility index (Phi) is 10.6. The molecule has 2 rings (SSSR count). The van der Waals surface area contributed by atoms with Crippen molar-refractivity contribution in [1.29, 1.82) is 0 Å². The summed E-state index contributed by atoms with van der Waals surface area (Å²) in [6.45, 7) is 7.52. The summed E-state index contributed by atoms with van der Waals surface area (Å²) in [5.41, 5.74) is 4.56. The fourth-order valence-electron chi connectivity index (χ4n) is 3.02. The molecule has 5 N–H and O–H groups in total. The van der Waals surface area contributed by atoms with Crippen LogP contribution in [0.4, 0.5) is 5.82 Å². The third-order valence-electron chi connectivity index (χ3n) is 4.64. The number of hydrogen-bond donors (Lipinski definition) is 4. The van der Waals surface area contributed by atoms with Crippen molar-refractivity contribution in [3.05, 3.63) is 53.1 Å². The average molecular weight is 528 g/mol. The second-order valence-electron chi connectivity index (χ2n) is 8.26. The lowest BCUT2D eigenvalue weighted by Crippen LogP contribution is -2.43. The van der Waals surface area contributed by atoms with Crippen molar-refractivity contribution in [2.45, 2.75) is 71.5 Å². The molecule has 0 saturated carbocycles. The minimum atomic E-state index is -4.30. The van der Waals surface area contributed by atoms with Crippen molar-refractivity contribution < 1.29 is 38.1 Å². The molecule has 0 radical (unpaired) electrons. The molecule has 14 heteroatoms. The number of hydrogen-bond acceptors (Lipinski definition) is 11. The van der Waals surface area contributed by atoms with E-state index in [4.69, 9.17) is 24.3 Å². The molecule has 1 aromatic carbocycles. The van der Waals surface area contributed by atoms with Gasteiger partial charge in [-0.1, -0.05) is 18.2 Å². The van der Waals surface area contributed by atoms with Gasteiger partial charge in [-0.2, -0.15) is 10.1 Å². The zero-order chi connectivity index (χ0) is 27.0. The maximum atomic E-state index is 13.7. The SMILES string of the molecule is CC(C)OC(=O)C(C)NP(=O)(Oc1ccccc1)OC(C)[C@@H](OC(O)n1ccc(N)nc1=O)C(C)O. The van der Waals surface area contributed by atoms with Crippen LogP contribution in [0.2, 0.25) is 0 Å². The summed E-state index contributed by atoms with van der Waals surface area (Å²) in [6, 6.07) is 8.27. The van der Waals surface area contributed by atoms with E-state index in [-0.39, 0.29) is 11.6 Å². The normalized spacial score (nSPS) is 17.4. The Morgan fingerprint density at radius 1 is 1.11 bits per heavy atom. The minimum absolute atomic E-state index is 0.0533. The van der Waals surface area contributed by atoms with E-state index in [1.165, 1.54) is 39.0 Å². The zero-order valence-electron chi connectivity index (χ0n) is 20.7. The number of anilines is 1. The summed E-state index contributed by atoms with van der Waals surface area (Å²) in [7, 11) is -4.30. The molecule has 0 bridgehead atoms. The van der Waals surface area contributed by atoms with E-state index >= 15 is 0 Å². The van der Waals surface area contributed by atoms with Crippen molar-refractivity contribution in [3.63, 3.8) is 0 Å². The molecular weight excluding hydrogens is 495 g/mol. The number of carbonyl (C=O) groups is 1. The molecule has 2 aromatic rings. The minimum Gasteiger partial charge on any atom is -0.462 e. The van der Waals surface area contributed by atoms with Gasteiger partial charge in [0.2, 0.25) is 6.41 Å². The predicted octanol–water partition coefficient (Wildman–Crippen LogP) is 1.56. The summed E-state index contributed by atoms with van der Waals surface area (Å²) in [6.07, 6.45) is -4.88. The molecule has 0 amide bonds. The number of rotatable bonds is 13. The second kappa shape index (κ2) is 12.9. The molecular formula is C22H33N4O9P. The molecule has 0 aliphatic rings. The van der Waals surface area contributed by atoms with Crippen molar-refractivity contribution in [2.75, 3.05) is 5.73 Å². The van der Waals surface area contributed by atoms with Crippen molar-refractivity contribution in [3.8, 4) is 5.75 Å². The molecule has 13 nitrogen and oxygen atoms in total. The quantitative estimate of drug-likeness (QED) is 0.167. The van der Waals surface area contributed by atoms with Crippen LogP contribution in [0.25, 0.3) is 0 Å². The summed E-state index contributed by atoms with van der Waals surface area (Å²) >= 11 is 0. The molecule has 1 aromatic heterocycles. The lowest BCUT2D eigenvalue weighted by molar-refractivity contribution is -0.224. The van der Waals surface area contributed by atoms with Gasteiger partial charge in [-0.15, -0.1) is 0 Å². The molecule has 0 saturated heterocycles. The number of nitrogen functional groups attached to an aromatic ring is 1. The van der Waals surface area contributed by atoms with Crippen LogP contribution in [0, 0.1) is 0 Å². The highest BCUT2D eigenvalue weighted by Crippen LogP contribution is 2.47. The van der Waals surface area contributed by atoms with Crippen LogP contribution in [-0.4, -0.2) is 56.2 Å². The highest BCUT2D eigenvalue weighted by Gasteiger charge is 2.38. The predicted molar refractivity (Wildman–Crippen MR) is 130 cm³/mol. The molecule has 0 aliphatic carbocycles. The van der Waals surface area contributed by atoms with Gasteiger partial charge in [0, 0.05) is 6.20 Å². The van der Waals surface area contributed by atoms with Gasteiger partial charge in [0.05, 0.1) is 18.3 Å². The Bertz CT molecular complexity index is 1100. The van der Waals surface area contributed by atoms with Gasteiger partial charge in [0.1, 0.15) is 23.7 Å². The molecule has 200 valence electrons. The standard InChI is InChI=1S/C22H33N4O9P/c1-13(2)32-20(28)14(3)25-36(31,35-17-9-7-6-8-10-17)34-16(5)19(15(4)27)33-22(30)26-12-11-18(23)24-21(26)29/h6-16,19,22,27,30H,1-5H3,(H,25,31)(H2,23,24,29)/t14?,15?,16?,19-,22?,36?/m0/s1. The van der Waals surface area contributed by atoms with Crippen molar-refractivity contribution in [2.24, 2.45) is 0 Å². The maximum Gasteiger partial charge on any atom is 0.459 e. The number of aliphatic hydroxyl groups excluding tert-OH is 2. The van der Waals surface area contributed by atoms with E-state index < -0.39 is 56.3 Å². The first-order chi connectivity index (χ1) is 16.8. The molecule has 0 spiro atoms. The fourth-order valence-corrected chi connectivity index (χ4v) is 4.71. The molecule has 0 aliphatic heterocycles. The van der Waals surface area contributed by atoms with Crippen LogP contribution in [0.3, 0.4) is 0 Å². The van der Waals surface area contributed by atoms with Gasteiger partial charge in [0.25, 0.3) is 0 Å². The number of carbonyl (C=O) groups excluding carboxylic acids is 1. The molecule has 5 unspecified atom stereocenters. The Balaban J connectivity index is 2.26. The Labute approximate surface area is 208 Å². The van der Waals surface area contributed by atoms with Gasteiger partial charge in [-0.3, -0.25) is 9.32 Å². The van der Waals surface area contributed by atoms with E-state index in [0.717, 1.165) is 10.8 Å². The number of nitrogens with zero attached hydrogens (tertiary/aromatic N) is 2. The van der Waals surface area contributed by atoms with Crippen LogP contribution in [0.1, 0.15) is 41.0 Å². The van der Waals surface area contributed by atoms with E-state index in [1.54, 1.807) is 32.0 Å². The van der Waals surface area contributed by atoms with E-state index in [9.17, 15) is 24.4 Å². The number of nitrogens with two attached hydrogens (primary N) is 1. The maximum absolute atomic E-state index is 13.7. The smallest absolute Gasteiger partial charge is 0.459 e. The second-order valence-corrected chi connectivity index (χ2v) is 9.91. The van der Waals surface area contributed by atoms with Crippen molar-refractivity contribution >= 4 is 19.5 Å². The fraction of sp³-hybridized carbons (Fsp3) is 0.500. The number of ether oxygens (including phenoxy) is 2. The van der Waals surface area contributed by atoms with Gasteiger partial charge >= 0.3 is 19.4 Å². The summed E-state index contributed by atoms with van der Waals surface area (Å²) in [5, 5.41) is 23.2. The van der Waals surface area contributed by atoms with Crippen LogP contribution in [-0.2, 0) is 23.4 Å². The topological polar surface area (TPSA) is 184 Å². The highest BCUT2D eigenvalue weighted by atomic mass is 31.2. The number of aromatic nitrogens is 2. The first-order valence-corrected chi connectivity index (χ1v) is 12.7. The molecule has 36 heavy (non-hydrogen) atoms. The first kappa shape index (κ1) is 29.4. The molecule has 1 heterocycles. The van der Waals surface area contributed by atoms with E-state index in [1.807, 2.05) is 0 Å². The van der Waals surface area contributed by atoms with Gasteiger partial charge < -0.3 is 29.9 Å². The third-order valence-corrected chi connectivity index (χ3v) is 6.40. The van der Waals surface area contributed by atoms with E-state index in [0.29, 0.717) is 0 Å². The third kappa shape index (κ3) is 8.70. The number of esters is 1. The largest absolute Gasteiger partial charge is 0.462 e. The van der Waals surface area contributed by atoms with Crippen LogP contribution < -0.4 is 21.0 Å². The average Bonchev–Trinajstić information content (AvgIpc) is 2.76. The highest BCUT2D eigenvalue weighted by molar-refractivity contribution is 7.52. The summed E-state index contributed by atoms with van der Waals surface area (Å²) < 4.78 is 36.3. The van der Waals surface area contributed by atoms with Gasteiger partial charge in [-0.25, -0.2) is 13.9 Å². The Morgan fingerprint density at radius 3 is 2.31 bits per heavy atom. The molecule has 6 atom stereocenters. The number of para-hydroxylation sites is 1. The zero-order valence-corrected chi connectivity index (χ0v) is 21.6. The number of nitrogens with one attached hydrogen (secondary N) is 1. The molecule has 0 fully saturated rings. The lowest BCUT2D eigenvalue weighted by atomic mass is 10.1. The van der Waals surface area contributed by atoms with Gasteiger partial charge in [0.15, 0.2) is 0 Å². The lowest BCUT2D eigenvalue weighted by Gasteiger charge is -2.32. The van der Waals surface area contributed by atoms with Crippen LogP contribution in [0.15, 0.2) is 47.4 Å².